The van der Waals surface area contributed by atoms with Crippen molar-refractivity contribution in [3.63, 3.8) is 0 Å². The molecule has 3 rings (SSSR count). The molecule has 1 heterocycles. The number of fused-ring (bicyclic) bond motifs is 1. The van der Waals surface area contributed by atoms with Crippen LogP contribution in [0.1, 0.15) is 6.92 Å². The van der Waals surface area contributed by atoms with Crippen molar-refractivity contribution >= 4 is 22.6 Å². The summed E-state index contributed by atoms with van der Waals surface area (Å²) in [6.45, 7) is 1.79. The van der Waals surface area contributed by atoms with Gasteiger partial charge in [0.05, 0.1) is 19.7 Å². The first-order valence-electron chi connectivity index (χ1n) is 7.80. The summed E-state index contributed by atoms with van der Waals surface area (Å²) in [6, 6.07) is 11.6. The number of allylic oxidation sites excluding steroid dienone is 1. The number of benzene rings is 2. The van der Waals surface area contributed by atoms with Gasteiger partial charge in [-0.05, 0) is 48.4 Å². The zero-order valence-corrected chi connectivity index (χ0v) is 14.3. The molecule has 0 saturated heterocycles. The maximum absolute atomic E-state index is 11.7. The van der Waals surface area contributed by atoms with Crippen molar-refractivity contribution in [2.24, 2.45) is 0 Å². The molecule has 1 aromatic heterocycles. The van der Waals surface area contributed by atoms with Crippen LogP contribution in [-0.4, -0.2) is 30.3 Å². The molecule has 0 aliphatic rings. The molecule has 0 spiro atoms. The summed E-state index contributed by atoms with van der Waals surface area (Å²) in [6.07, 6.45) is 3.13. The number of carbonyl (C=O) groups is 1. The van der Waals surface area contributed by atoms with Crippen molar-refractivity contribution in [2.75, 3.05) is 19.5 Å². The van der Waals surface area contributed by atoms with Gasteiger partial charge < -0.3 is 14.8 Å². The maximum atomic E-state index is 11.7. The lowest BCUT2D eigenvalue weighted by Gasteiger charge is -2.09. The van der Waals surface area contributed by atoms with Crippen LogP contribution in [0.25, 0.3) is 22.0 Å². The quantitative estimate of drug-likeness (QED) is 0.695. The highest BCUT2D eigenvalue weighted by Crippen LogP contribution is 2.32. The number of nitrogens with zero attached hydrogens (tertiary/aromatic N) is 1. The van der Waals surface area contributed by atoms with Crippen LogP contribution in [0.4, 0.5) is 5.82 Å². The Balaban J connectivity index is 1.99. The third-order valence-electron chi connectivity index (χ3n) is 3.81. The van der Waals surface area contributed by atoms with Gasteiger partial charge >= 0.3 is 0 Å². The highest BCUT2D eigenvalue weighted by atomic mass is 16.5. The average molecular weight is 337 g/mol. The minimum atomic E-state index is -0.211. The Morgan fingerprint density at radius 2 is 1.80 bits per heavy atom. The molecular weight excluding hydrogens is 318 g/mol. The molecule has 0 radical (unpaired) electrons. The van der Waals surface area contributed by atoms with E-state index < -0.39 is 0 Å². The normalized spacial score (nSPS) is 11.0. The van der Waals surface area contributed by atoms with Crippen LogP contribution in [0.5, 0.6) is 11.5 Å². The Morgan fingerprint density at radius 3 is 2.44 bits per heavy atom. The molecule has 0 bridgehead atoms. The molecule has 6 heteroatoms. The predicted molar refractivity (Wildman–Crippen MR) is 98.1 cm³/mol. The van der Waals surface area contributed by atoms with E-state index in [1.807, 2.05) is 36.4 Å². The Labute approximate surface area is 145 Å². The van der Waals surface area contributed by atoms with Gasteiger partial charge in [-0.2, -0.15) is 5.10 Å². The van der Waals surface area contributed by atoms with E-state index in [2.05, 4.69) is 15.5 Å². The van der Waals surface area contributed by atoms with E-state index in [1.165, 1.54) is 6.08 Å². The van der Waals surface area contributed by atoms with E-state index >= 15 is 0 Å². The fraction of sp³-hybridized carbons (Fsp3) is 0.158. The van der Waals surface area contributed by atoms with Crippen LogP contribution < -0.4 is 14.8 Å². The van der Waals surface area contributed by atoms with E-state index in [-0.39, 0.29) is 5.91 Å². The number of methoxy groups -OCH3 is 2. The largest absolute Gasteiger partial charge is 0.497 e. The van der Waals surface area contributed by atoms with Crippen LogP contribution >= 0.6 is 0 Å². The molecule has 0 aliphatic carbocycles. The van der Waals surface area contributed by atoms with Crippen LogP contribution in [-0.2, 0) is 4.79 Å². The summed E-state index contributed by atoms with van der Waals surface area (Å²) < 4.78 is 10.6. The first kappa shape index (κ1) is 16.6. The van der Waals surface area contributed by atoms with Crippen molar-refractivity contribution in [3.05, 3.63) is 48.6 Å². The number of amides is 1. The maximum Gasteiger partial charge on any atom is 0.249 e. The molecule has 6 nitrogen and oxygen atoms in total. The van der Waals surface area contributed by atoms with Gasteiger partial charge in [0, 0.05) is 11.5 Å². The smallest absolute Gasteiger partial charge is 0.249 e. The molecule has 0 aliphatic heterocycles. The van der Waals surface area contributed by atoms with Gasteiger partial charge in [-0.3, -0.25) is 9.89 Å². The highest BCUT2D eigenvalue weighted by molar-refractivity contribution is 6.04. The summed E-state index contributed by atoms with van der Waals surface area (Å²) >= 11 is 0. The van der Waals surface area contributed by atoms with Gasteiger partial charge in [0.25, 0.3) is 0 Å². The van der Waals surface area contributed by atoms with Crippen molar-refractivity contribution in [1.82, 2.24) is 10.2 Å². The number of aromatic amines is 1. The number of nitrogens with one attached hydrogen (secondary N) is 2. The number of anilines is 1. The Hall–Kier alpha value is -3.28. The molecule has 3 aromatic rings. The number of hydrogen-bond acceptors (Lipinski definition) is 4. The Kier molecular flexibility index (Phi) is 4.70. The highest BCUT2D eigenvalue weighted by Gasteiger charge is 2.10. The number of aromatic nitrogens is 2. The van der Waals surface area contributed by atoms with Crippen molar-refractivity contribution in [1.29, 1.82) is 0 Å². The minimum absolute atomic E-state index is 0.211. The van der Waals surface area contributed by atoms with Gasteiger partial charge in [0.1, 0.15) is 11.5 Å². The summed E-state index contributed by atoms with van der Waals surface area (Å²) in [7, 11) is 3.24. The monoisotopic (exact) mass is 337 g/mol. The standard InChI is InChI=1S/C19H19N3O3/c1-4-5-18(23)20-19-16-7-6-12(10-17(16)21-22-19)13-8-14(24-2)11-15(9-13)25-3/h4-11H,1-3H3,(H2,20,21,22,23). The first-order valence-corrected chi connectivity index (χ1v) is 7.80. The molecule has 0 atom stereocenters. The number of H-pyrrole nitrogens is 1. The number of rotatable bonds is 5. The summed E-state index contributed by atoms with van der Waals surface area (Å²) in [5.74, 6) is 1.74. The van der Waals surface area contributed by atoms with Crippen LogP contribution in [0.3, 0.4) is 0 Å². The molecule has 2 aromatic carbocycles. The lowest BCUT2D eigenvalue weighted by molar-refractivity contribution is -0.111. The summed E-state index contributed by atoms with van der Waals surface area (Å²) in [5.41, 5.74) is 2.78. The molecule has 25 heavy (non-hydrogen) atoms. The Bertz CT molecular complexity index is 922. The van der Waals surface area contributed by atoms with Crippen LogP contribution in [0.2, 0.25) is 0 Å². The Morgan fingerprint density at radius 1 is 1.08 bits per heavy atom. The van der Waals surface area contributed by atoms with E-state index in [0.717, 1.165) is 33.5 Å². The van der Waals surface area contributed by atoms with Gasteiger partial charge in [-0.25, -0.2) is 0 Å². The average Bonchev–Trinajstić information content (AvgIpc) is 3.03. The lowest BCUT2D eigenvalue weighted by atomic mass is 10.0. The van der Waals surface area contributed by atoms with Gasteiger partial charge in [-0.15, -0.1) is 0 Å². The second kappa shape index (κ2) is 7.09. The van der Waals surface area contributed by atoms with E-state index in [0.29, 0.717) is 5.82 Å². The van der Waals surface area contributed by atoms with E-state index in [1.54, 1.807) is 27.2 Å². The summed E-state index contributed by atoms with van der Waals surface area (Å²) in [5, 5.41) is 10.7. The fourth-order valence-corrected chi connectivity index (χ4v) is 2.58. The number of carbonyl (C=O) groups excluding carboxylic acids is 1. The van der Waals surface area contributed by atoms with Crippen LogP contribution in [0, 0.1) is 0 Å². The predicted octanol–water partition coefficient (Wildman–Crippen LogP) is 3.76. The van der Waals surface area contributed by atoms with Crippen molar-refractivity contribution in [3.8, 4) is 22.6 Å². The molecule has 128 valence electrons. The second-order valence-corrected chi connectivity index (χ2v) is 5.42. The third-order valence-corrected chi connectivity index (χ3v) is 3.81. The molecule has 0 fully saturated rings. The first-order chi connectivity index (χ1) is 12.1. The van der Waals surface area contributed by atoms with Gasteiger partial charge in [0.15, 0.2) is 5.82 Å². The third kappa shape index (κ3) is 3.47. The topological polar surface area (TPSA) is 76.2 Å². The number of hydrogen-bond donors (Lipinski definition) is 2. The second-order valence-electron chi connectivity index (χ2n) is 5.42. The molecule has 0 saturated carbocycles. The van der Waals surface area contributed by atoms with E-state index in [4.69, 9.17) is 9.47 Å². The molecule has 0 unspecified atom stereocenters. The van der Waals surface area contributed by atoms with Gasteiger partial charge in [0.2, 0.25) is 5.91 Å². The SMILES string of the molecule is CC=CC(=O)Nc1n[nH]c2cc(-c3cc(OC)cc(OC)c3)ccc12. The number of ether oxygens (including phenoxy) is 2. The molecule has 2 N–H and O–H groups in total. The van der Waals surface area contributed by atoms with Gasteiger partial charge in [-0.1, -0.05) is 12.1 Å². The fourth-order valence-electron chi connectivity index (χ4n) is 2.58. The zero-order valence-electron chi connectivity index (χ0n) is 14.3. The van der Waals surface area contributed by atoms with Crippen molar-refractivity contribution < 1.29 is 14.3 Å². The lowest BCUT2D eigenvalue weighted by Crippen LogP contribution is -2.08. The zero-order chi connectivity index (χ0) is 17.8. The van der Waals surface area contributed by atoms with Crippen molar-refractivity contribution in [2.45, 2.75) is 6.92 Å². The molecular formula is C19H19N3O3. The minimum Gasteiger partial charge on any atom is -0.497 e. The molecule has 1 amide bonds. The van der Waals surface area contributed by atoms with E-state index in [9.17, 15) is 4.79 Å². The van der Waals surface area contributed by atoms with Crippen LogP contribution in [0.15, 0.2) is 48.6 Å². The summed E-state index contributed by atoms with van der Waals surface area (Å²) in [4.78, 5) is 11.7.